The number of hydrogen-bond acceptors (Lipinski definition) is 4. The van der Waals surface area contributed by atoms with Crippen LogP contribution in [0.5, 0.6) is 0 Å². The van der Waals surface area contributed by atoms with Crippen LogP contribution < -0.4 is 0 Å². The summed E-state index contributed by atoms with van der Waals surface area (Å²) in [5, 5.41) is 17.1. The van der Waals surface area contributed by atoms with Crippen LogP contribution in [0.25, 0.3) is 0 Å². The molecule has 0 aromatic carbocycles. The number of aliphatic hydroxyl groups is 1. The SMILES string of the molecule is O=C(O)/C(=C/O)Cc1cncnc1. The van der Waals surface area contributed by atoms with Crippen molar-refractivity contribution in [2.24, 2.45) is 0 Å². The van der Waals surface area contributed by atoms with Crippen LogP contribution in [0.3, 0.4) is 0 Å². The fourth-order valence-corrected chi connectivity index (χ4v) is 0.818. The van der Waals surface area contributed by atoms with Gasteiger partial charge in [0.1, 0.15) is 6.33 Å². The van der Waals surface area contributed by atoms with Crippen molar-refractivity contribution in [1.29, 1.82) is 0 Å². The number of aliphatic hydroxyl groups excluding tert-OH is 1. The van der Waals surface area contributed by atoms with Gasteiger partial charge in [-0.2, -0.15) is 0 Å². The molecule has 0 saturated heterocycles. The first-order valence-corrected chi connectivity index (χ1v) is 3.54. The van der Waals surface area contributed by atoms with E-state index in [1.807, 2.05) is 0 Å². The monoisotopic (exact) mass is 180 g/mol. The summed E-state index contributed by atoms with van der Waals surface area (Å²) in [5.41, 5.74) is 0.556. The maximum Gasteiger partial charge on any atom is 0.335 e. The van der Waals surface area contributed by atoms with E-state index in [9.17, 15) is 4.79 Å². The van der Waals surface area contributed by atoms with Crippen molar-refractivity contribution in [3.63, 3.8) is 0 Å². The molecule has 0 atom stereocenters. The van der Waals surface area contributed by atoms with Gasteiger partial charge in [-0.3, -0.25) is 0 Å². The van der Waals surface area contributed by atoms with Gasteiger partial charge in [0.05, 0.1) is 11.8 Å². The third-order valence-corrected chi connectivity index (χ3v) is 1.44. The highest BCUT2D eigenvalue weighted by Crippen LogP contribution is 2.04. The first-order valence-electron chi connectivity index (χ1n) is 3.54. The Morgan fingerprint density at radius 1 is 1.46 bits per heavy atom. The number of nitrogens with zero attached hydrogens (tertiary/aromatic N) is 2. The smallest absolute Gasteiger partial charge is 0.335 e. The van der Waals surface area contributed by atoms with Gasteiger partial charge in [-0.05, 0) is 5.56 Å². The predicted octanol–water partition coefficient (Wildman–Crippen LogP) is 0.546. The Kier molecular flexibility index (Phi) is 2.97. The summed E-state index contributed by atoms with van der Waals surface area (Å²) in [6, 6.07) is 0. The molecule has 1 aromatic heterocycles. The summed E-state index contributed by atoms with van der Waals surface area (Å²) in [6.07, 6.45) is 5.05. The van der Waals surface area contributed by atoms with Gasteiger partial charge in [-0.15, -0.1) is 0 Å². The van der Waals surface area contributed by atoms with Crippen LogP contribution in [0.15, 0.2) is 30.6 Å². The van der Waals surface area contributed by atoms with Gasteiger partial charge in [0.25, 0.3) is 0 Å². The van der Waals surface area contributed by atoms with Crippen LogP contribution in [0.2, 0.25) is 0 Å². The number of carboxylic acid groups (broad SMARTS) is 1. The summed E-state index contributed by atoms with van der Waals surface area (Å²) in [6.45, 7) is 0. The van der Waals surface area contributed by atoms with Crippen molar-refractivity contribution in [2.45, 2.75) is 6.42 Å². The van der Waals surface area contributed by atoms with E-state index in [2.05, 4.69) is 9.97 Å². The topological polar surface area (TPSA) is 83.3 Å². The zero-order valence-corrected chi connectivity index (χ0v) is 6.71. The average Bonchev–Trinajstić information content (AvgIpc) is 2.15. The molecule has 5 nitrogen and oxygen atoms in total. The van der Waals surface area contributed by atoms with Gasteiger partial charge in [-0.25, -0.2) is 14.8 Å². The number of rotatable bonds is 3. The lowest BCUT2D eigenvalue weighted by Crippen LogP contribution is -2.04. The molecule has 13 heavy (non-hydrogen) atoms. The highest BCUT2D eigenvalue weighted by molar-refractivity contribution is 5.86. The minimum atomic E-state index is -1.15. The second-order valence-corrected chi connectivity index (χ2v) is 2.38. The van der Waals surface area contributed by atoms with Crippen LogP contribution in [0.4, 0.5) is 0 Å². The molecule has 0 radical (unpaired) electrons. The zero-order chi connectivity index (χ0) is 9.68. The second-order valence-electron chi connectivity index (χ2n) is 2.38. The largest absolute Gasteiger partial charge is 0.515 e. The van der Waals surface area contributed by atoms with E-state index in [-0.39, 0.29) is 12.0 Å². The van der Waals surface area contributed by atoms with Gasteiger partial charge >= 0.3 is 5.97 Å². The normalized spacial score (nSPS) is 11.2. The first kappa shape index (κ1) is 9.18. The van der Waals surface area contributed by atoms with E-state index in [0.29, 0.717) is 11.8 Å². The lowest BCUT2D eigenvalue weighted by Gasteiger charge is -1.98. The molecule has 68 valence electrons. The van der Waals surface area contributed by atoms with E-state index < -0.39 is 5.97 Å². The van der Waals surface area contributed by atoms with E-state index in [4.69, 9.17) is 10.2 Å². The van der Waals surface area contributed by atoms with E-state index in [1.165, 1.54) is 18.7 Å². The minimum absolute atomic E-state index is 0.0881. The first-order chi connectivity index (χ1) is 6.24. The molecular formula is C8H8N2O3. The van der Waals surface area contributed by atoms with Crippen molar-refractivity contribution in [3.05, 3.63) is 36.1 Å². The summed E-state index contributed by atoms with van der Waals surface area (Å²) >= 11 is 0. The predicted molar refractivity (Wildman–Crippen MR) is 44.1 cm³/mol. The number of aliphatic carboxylic acids is 1. The lowest BCUT2D eigenvalue weighted by molar-refractivity contribution is -0.132. The zero-order valence-electron chi connectivity index (χ0n) is 6.71. The molecule has 5 heteroatoms. The van der Waals surface area contributed by atoms with Crippen molar-refractivity contribution < 1.29 is 15.0 Å². The van der Waals surface area contributed by atoms with Crippen LogP contribution in [-0.2, 0) is 11.2 Å². The van der Waals surface area contributed by atoms with Crippen LogP contribution in [0, 0.1) is 0 Å². The Labute approximate surface area is 74.4 Å². The lowest BCUT2D eigenvalue weighted by atomic mass is 10.1. The maximum absolute atomic E-state index is 10.5. The molecule has 0 unspecified atom stereocenters. The highest BCUT2D eigenvalue weighted by atomic mass is 16.4. The molecule has 0 saturated carbocycles. The van der Waals surface area contributed by atoms with E-state index in [0.717, 1.165) is 0 Å². The molecule has 0 fully saturated rings. The third-order valence-electron chi connectivity index (χ3n) is 1.44. The standard InChI is InChI=1S/C8H8N2O3/c11-4-7(8(12)13)1-6-2-9-5-10-3-6/h2-5,11H,1H2,(H,12,13)/b7-4+. The Morgan fingerprint density at radius 2 is 2.08 bits per heavy atom. The molecule has 0 aliphatic heterocycles. The molecule has 0 amide bonds. The molecular weight excluding hydrogens is 172 g/mol. The number of carboxylic acids is 1. The minimum Gasteiger partial charge on any atom is -0.515 e. The van der Waals surface area contributed by atoms with Gasteiger partial charge in [0.2, 0.25) is 0 Å². The number of aromatic nitrogens is 2. The molecule has 0 bridgehead atoms. The van der Waals surface area contributed by atoms with Crippen molar-refractivity contribution in [3.8, 4) is 0 Å². The molecule has 0 aliphatic carbocycles. The number of carbonyl (C=O) groups is 1. The summed E-state index contributed by atoms with van der Waals surface area (Å²) < 4.78 is 0. The Bertz CT molecular complexity index is 321. The molecule has 0 spiro atoms. The highest BCUT2D eigenvalue weighted by Gasteiger charge is 2.08. The maximum atomic E-state index is 10.5. The van der Waals surface area contributed by atoms with Crippen molar-refractivity contribution in [2.75, 3.05) is 0 Å². The van der Waals surface area contributed by atoms with Gasteiger partial charge in [-0.1, -0.05) is 0 Å². The van der Waals surface area contributed by atoms with Gasteiger partial charge in [0.15, 0.2) is 0 Å². The van der Waals surface area contributed by atoms with Crippen molar-refractivity contribution >= 4 is 5.97 Å². The summed E-state index contributed by atoms with van der Waals surface area (Å²) in [7, 11) is 0. The fourth-order valence-electron chi connectivity index (χ4n) is 0.818. The second kappa shape index (κ2) is 4.20. The third kappa shape index (κ3) is 2.55. The molecule has 2 N–H and O–H groups in total. The quantitative estimate of drug-likeness (QED) is 0.524. The van der Waals surface area contributed by atoms with E-state index >= 15 is 0 Å². The van der Waals surface area contributed by atoms with Crippen molar-refractivity contribution in [1.82, 2.24) is 9.97 Å². The molecule has 1 aromatic rings. The van der Waals surface area contributed by atoms with Crippen LogP contribution >= 0.6 is 0 Å². The molecule has 1 heterocycles. The Morgan fingerprint density at radius 3 is 2.54 bits per heavy atom. The van der Waals surface area contributed by atoms with Gasteiger partial charge < -0.3 is 10.2 Å². The molecule has 0 aliphatic rings. The van der Waals surface area contributed by atoms with Gasteiger partial charge in [0, 0.05) is 18.8 Å². The fraction of sp³-hybridized carbons (Fsp3) is 0.125. The Hall–Kier alpha value is -1.91. The summed E-state index contributed by atoms with van der Waals surface area (Å²) in [5.74, 6) is -1.15. The Balaban J connectivity index is 2.74. The molecule has 1 rings (SSSR count). The summed E-state index contributed by atoms with van der Waals surface area (Å²) in [4.78, 5) is 17.9. The van der Waals surface area contributed by atoms with E-state index in [1.54, 1.807) is 0 Å². The number of hydrogen-bond donors (Lipinski definition) is 2. The van der Waals surface area contributed by atoms with Crippen LogP contribution in [0.1, 0.15) is 5.56 Å². The average molecular weight is 180 g/mol. The van der Waals surface area contributed by atoms with Crippen LogP contribution in [-0.4, -0.2) is 26.2 Å².